The van der Waals surface area contributed by atoms with Gasteiger partial charge in [0.2, 0.25) is 0 Å². The molecule has 1 aliphatic rings. The summed E-state index contributed by atoms with van der Waals surface area (Å²) in [6.07, 6.45) is 0. The molecule has 0 amide bonds. The SMILES string of the molecule is C=C[SiH]1[SiH2][SiH2][Si](O)(C=C)[Si](C=C)(C=C)[Si]1(C=C)C=C. The molecule has 1 heterocycles. The molecule has 0 aliphatic carbocycles. The molecule has 7 heteroatoms. The predicted molar refractivity (Wildman–Crippen MR) is 105 cm³/mol. The van der Waals surface area contributed by atoms with Crippen LogP contribution in [0.2, 0.25) is 0 Å². The third kappa shape index (κ3) is 2.00. The van der Waals surface area contributed by atoms with E-state index < -0.39 is 29.4 Å². The van der Waals surface area contributed by atoms with Crippen molar-refractivity contribution in [3.63, 3.8) is 0 Å². The molecule has 1 nitrogen and oxygen atoms in total. The van der Waals surface area contributed by atoms with Crippen molar-refractivity contribution in [3.8, 4) is 0 Å². The van der Waals surface area contributed by atoms with Crippen LogP contribution in [0.4, 0.5) is 0 Å². The van der Waals surface area contributed by atoms with Gasteiger partial charge in [0, 0.05) is 24.9 Å². The average Bonchev–Trinajstić information content (AvgIpc) is 2.46. The van der Waals surface area contributed by atoms with Crippen molar-refractivity contribution >= 4 is 46.5 Å². The Morgan fingerprint density at radius 2 is 1.37 bits per heavy atom. The molecule has 0 radical (unpaired) electrons. The van der Waals surface area contributed by atoms with E-state index in [1.54, 1.807) is 0 Å². The van der Waals surface area contributed by atoms with Crippen molar-refractivity contribution in [2.24, 2.45) is 0 Å². The van der Waals surface area contributed by atoms with E-state index in [0.29, 0.717) is 0 Å². The van der Waals surface area contributed by atoms with Crippen LogP contribution >= 0.6 is 0 Å². The largest absolute Gasteiger partial charge is 0.434 e. The summed E-state index contributed by atoms with van der Waals surface area (Å²) in [6, 6.07) is 0. The second kappa shape index (κ2) is 5.99. The first-order valence-corrected chi connectivity index (χ1v) is 26.9. The molecule has 0 saturated carbocycles. The Hall–Kier alpha value is -0.299. The number of hydrogen-bond acceptors (Lipinski definition) is 1. The number of rotatable bonds is 6. The second-order valence-electron chi connectivity index (χ2n) is 5.13. The summed E-state index contributed by atoms with van der Waals surface area (Å²) >= 11 is 0. The highest BCUT2D eigenvalue weighted by Gasteiger charge is 2.65. The molecule has 1 saturated heterocycles. The van der Waals surface area contributed by atoms with E-state index in [9.17, 15) is 4.80 Å². The Kier molecular flexibility index (Phi) is 5.29. The molecule has 102 valence electrons. The van der Waals surface area contributed by atoms with E-state index in [2.05, 4.69) is 68.0 Å². The molecular formula is C12H24OSi6. The third-order valence-electron chi connectivity index (χ3n) is 4.82. The zero-order valence-corrected chi connectivity index (χ0v) is 18.6. The van der Waals surface area contributed by atoms with Gasteiger partial charge in [-0.2, -0.15) is 0 Å². The molecule has 19 heavy (non-hydrogen) atoms. The van der Waals surface area contributed by atoms with E-state index in [0.717, 1.165) is 0 Å². The van der Waals surface area contributed by atoms with Gasteiger partial charge >= 0.3 is 0 Å². The van der Waals surface area contributed by atoms with Crippen LogP contribution in [0.5, 0.6) is 0 Å². The normalized spacial score (nSPS) is 34.3. The van der Waals surface area contributed by atoms with E-state index in [-0.39, 0.29) is 17.1 Å². The standard InChI is InChI=1S/C12H24OSi6/c1-7-16-14-15-19(13,12-6)18(10-4,11-5)17(16,8-2)9-3/h7-13,16H,1-6,14-15H2. The molecule has 1 N–H and O–H groups in total. The zero-order valence-electron chi connectivity index (χ0n) is 11.6. The van der Waals surface area contributed by atoms with E-state index in [1.165, 1.54) is 0 Å². The number of hydrogen-bond donors (Lipinski definition) is 1. The Labute approximate surface area is 125 Å². The quantitative estimate of drug-likeness (QED) is 0.662. The second-order valence-corrected chi connectivity index (χ2v) is 57.2. The van der Waals surface area contributed by atoms with Crippen LogP contribution in [-0.2, 0) is 0 Å². The predicted octanol–water partition coefficient (Wildman–Crippen LogP) is -0.105. The van der Waals surface area contributed by atoms with E-state index in [4.69, 9.17) is 0 Å². The first-order valence-electron chi connectivity index (χ1n) is 6.50. The van der Waals surface area contributed by atoms with Crippen LogP contribution in [0.25, 0.3) is 0 Å². The Morgan fingerprint density at radius 1 is 0.842 bits per heavy atom. The van der Waals surface area contributed by atoms with Gasteiger partial charge in [0.25, 0.3) is 0 Å². The molecule has 2 unspecified atom stereocenters. The highest BCUT2D eigenvalue weighted by Crippen LogP contribution is 2.35. The first kappa shape index (κ1) is 16.8. The van der Waals surface area contributed by atoms with Crippen LogP contribution < -0.4 is 0 Å². The lowest BCUT2D eigenvalue weighted by molar-refractivity contribution is 0.594. The maximum absolute atomic E-state index is 11.4. The van der Waals surface area contributed by atoms with Crippen LogP contribution in [0.1, 0.15) is 0 Å². The lowest BCUT2D eigenvalue weighted by Crippen LogP contribution is -2.87. The van der Waals surface area contributed by atoms with Gasteiger partial charge in [-0.05, 0) is 0 Å². The Balaban J connectivity index is 3.72. The Bertz CT molecular complexity index is 430. The van der Waals surface area contributed by atoms with Gasteiger partial charge in [-0.15, -0.1) is 56.6 Å². The maximum atomic E-state index is 11.4. The fourth-order valence-electron chi connectivity index (χ4n) is 3.60. The van der Waals surface area contributed by atoms with Gasteiger partial charge in [0.1, 0.15) is 7.11 Å². The Morgan fingerprint density at radius 3 is 1.68 bits per heavy atom. The van der Waals surface area contributed by atoms with Gasteiger partial charge in [0.05, 0.1) is 7.11 Å². The van der Waals surface area contributed by atoms with Gasteiger partial charge in [0.15, 0.2) is 7.35 Å². The van der Waals surface area contributed by atoms with Gasteiger partial charge < -0.3 is 4.80 Å². The maximum Gasteiger partial charge on any atom is 0.182 e. The molecule has 1 rings (SSSR count). The summed E-state index contributed by atoms with van der Waals surface area (Å²) in [5, 5.41) is 0. The summed E-state index contributed by atoms with van der Waals surface area (Å²) in [6.45, 7) is 24.6. The topological polar surface area (TPSA) is 20.2 Å². The molecule has 1 aliphatic heterocycles. The van der Waals surface area contributed by atoms with Crippen LogP contribution in [-0.4, -0.2) is 51.3 Å². The lowest BCUT2D eigenvalue weighted by atomic mass is 11.2. The van der Waals surface area contributed by atoms with Crippen molar-refractivity contribution in [2.75, 3.05) is 0 Å². The smallest absolute Gasteiger partial charge is 0.182 e. The molecule has 0 aromatic rings. The summed E-state index contributed by atoms with van der Waals surface area (Å²) in [7, 11) is -7.94. The van der Waals surface area contributed by atoms with Crippen molar-refractivity contribution in [1.29, 1.82) is 0 Å². The lowest BCUT2D eigenvalue weighted by Gasteiger charge is -2.54. The summed E-state index contributed by atoms with van der Waals surface area (Å²) < 4.78 is 0. The van der Waals surface area contributed by atoms with Crippen LogP contribution in [0, 0.1) is 0 Å². The summed E-state index contributed by atoms with van der Waals surface area (Å²) in [5.74, 6) is 0. The average molecular weight is 353 g/mol. The minimum Gasteiger partial charge on any atom is -0.434 e. The monoisotopic (exact) mass is 352 g/mol. The van der Waals surface area contributed by atoms with Gasteiger partial charge in [-0.3, -0.25) is 0 Å². The first-order chi connectivity index (χ1) is 8.97. The molecule has 0 bridgehead atoms. The van der Waals surface area contributed by atoms with Crippen molar-refractivity contribution in [3.05, 3.63) is 73.7 Å². The summed E-state index contributed by atoms with van der Waals surface area (Å²) in [4.78, 5) is 11.4. The van der Waals surface area contributed by atoms with Crippen molar-refractivity contribution < 1.29 is 4.80 Å². The zero-order chi connectivity index (χ0) is 14.7. The molecule has 0 aromatic carbocycles. The fourth-order valence-corrected chi connectivity index (χ4v) is 204. The minimum atomic E-state index is -2.35. The van der Waals surface area contributed by atoms with Crippen LogP contribution in [0.15, 0.2) is 73.7 Å². The van der Waals surface area contributed by atoms with Crippen molar-refractivity contribution in [1.82, 2.24) is 0 Å². The van der Waals surface area contributed by atoms with E-state index >= 15 is 0 Å². The third-order valence-corrected chi connectivity index (χ3v) is 114. The highest BCUT2D eigenvalue weighted by molar-refractivity contribution is 8.04. The molecule has 1 fully saturated rings. The van der Waals surface area contributed by atoms with Crippen molar-refractivity contribution in [2.45, 2.75) is 0 Å². The minimum absolute atomic E-state index is 0.148. The fraction of sp³-hybridized carbons (Fsp3) is 0. The molecule has 2 atom stereocenters. The molecular weight excluding hydrogens is 329 g/mol. The van der Waals surface area contributed by atoms with Gasteiger partial charge in [-0.1, -0.05) is 17.1 Å². The molecule has 0 aromatic heterocycles. The molecule has 0 spiro atoms. The highest BCUT2D eigenvalue weighted by atomic mass is 30.2. The summed E-state index contributed by atoms with van der Waals surface area (Å²) in [5.41, 5.74) is 12.7. The van der Waals surface area contributed by atoms with Crippen LogP contribution in [0.3, 0.4) is 0 Å². The van der Waals surface area contributed by atoms with Gasteiger partial charge in [-0.25, -0.2) is 0 Å². The van der Waals surface area contributed by atoms with E-state index in [1.807, 2.05) is 5.70 Å².